The number of thiocarbonyl (C=S) groups is 3. The SMILES string of the molecule is CC(CNC(=S)S)NC(=S)S.CN(C)C(=S)S.[Ni]. The van der Waals surface area contributed by atoms with Crippen molar-refractivity contribution in [3.63, 3.8) is 0 Å². The Balaban J connectivity index is -0.000000277. The summed E-state index contributed by atoms with van der Waals surface area (Å²) in [5, 5.41) is 5.83. The van der Waals surface area contributed by atoms with Crippen LogP contribution in [0.3, 0.4) is 0 Å². The Labute approximate surface area is 152 Å². The van der Waals surface area contributed by atoms with Gasteiger partial charge in [0, 0.05) is 43.2 Å². The van der Waals surface area contributed by atoms with Gasteiger partial charge in [0.25, 0.3) is 0 Å². The zero-order valence-corrected chi connectivity index (χ0v) is 16.2. The van der Waals surface area contributed by atoms with Crippen molar-refractivity contribution in [2.24, 2.45) is 0 Å². The Morgan fingerprint density at radius 3 is 1.72 bits per heavy atom. The topological polar surface area (TPSA) is 27.3 Å². The van der Waals surface area contributed by atoms with E-state index in [0.717, 1.165) is 0 Å². The predicted octanol–water partition coefficient (Wildman–Crippen LogP) is 1.74. The molecule has 0 amide bonds. The molecule has 0 heterocycles. The van der Waals surface area contributed by atoms with Crippen molar-refractivity contribution >= 4 is 87.5 Å². The van der Waals surface area contributed by atoms with Gasteiger partial charge in [-0.3, -0.25) is 0 Å². The Kier molecular flexibility index (Phi) is 19.7. The van der Waals surface area contributed by atoms with Gasteiger partial charge in [0.2, 0.25) is 0 Å². The summed E-state index contributed by atoms with van der Waals surface area (Å²) in [6, 6.07) is 0.213. The molecule has 1 unspecified atom stereocenters. The number of nitrogens with one attached hydrogen (secondary N) is 2. The van der Waals surface area contributed by atoms with E-state index in [9.17, 15) is 0 Å². The molecule has 110 valence electrons. The third kappa shape index (κ3) is 22.4. The van der Waals surface area contributed by atoms with E-state index in [0.29, 0.717) is 19.5 Å². The molecular formula is C8H17N3NiS6. The number of hydrogen-bond acceptors (Lipinski definition) is 3. The van der Waals surface area contributed by atoms with Crippen molar-refractivity contribution in [1.82, 2.24) is 15.5 Å². The van der Waals surface area contributed by atoms with E-state index in [-0.39, 0.29) is 22.5 Å². The third-order valence-electron chi connectivity index (χ3n) is 1.31. The molecule has 10 heteroatoms. The van der Waals surface area contributed by atoms with Crippen LogP contribution >= 0.6 is 74.5 Å². The first kappa shape index (κ1) is 24.2. The standard InChI is InChI=1S/C5H10N2S4.C3H7NS2.Ni/c1-3(7-5(10)11)2-6-4(8)9;1-4(2)3(5)6;/h3H,2H2,1H3,(H2,6,8,9)(H2,7,10,11);1-2H3,(H,5,6);. The summed E-state index contributed by atoms with van der Waals surface area (Å²) in [7, 11) is 3.71. The van der Waals surface area contributed by atoms with Gasteiger partial charge in [-0.15, -0.1) is 37.9 Å². The molecule has 18 heavy (non-hydrogen) atoms. The van der Waals surface area contributed by atoms with Gasteiger partial charge in [0.05, 0.1) is 0 Å². The van der Waals surface area contributed by atoms with Crippen LogP contribution in [0, 0.1) is 0 Å². The minimum absolute atomic E-state index is 0. The van der Waals surface area contributed by atoms with E-state index in [1.807, 2.05) is 21.0 Å². The first-order valence-electron chi connectivity index (χ1n) is 4.53. The Morgan fingerprint density at radius 2 is 1.50 bits per heavy atom. The minimum Gasteiger partial charge on any atom is -0.369 e. The summed E-state index contributed by atoms with van der Waals surface area (Å²) < 4.78 is 1.60. The molecule has 0 aliphatic heterocycles. The number of nitrogens with zero attached hydrogens (tertiary/aromatic N) is 1. The van der Waals surface area contributed by atoms with Crippen LogP contribution in [0.4, 0.5) is 0 Å². The van der Waals surface area contributed by atoms with Gasteiger partial charge < -0.3 is 15.5 Å². The first-order chi connectivity index (χ1) is 7.66. The number of thiol groups is 3. The van der Waals surface area contributed by atoms with Crippen LogP contribution in [0.25, 0.3) is 0 Å². The molecule has 0 aliphatic carbocycles. The monoisotopic (exact) mass is 405 g/mol. The first-order valence-corrected chi connectivity index (χ1v) is 7.10. The van der Waals surface area contributed by atoms with E-state index in [1.54, 1.807) is 4.90 Å². The third-order valence-corrected chi connectivity index (χ3v) is 2.63. The summed E-state index contributed by atoms with van der Waals surface area (Å²) in [6.45, 7) is 2.67. The van der Waals surface area contributed by atoms with Gasteiger partial charge in [0.15, 0.2) is 0 Å². The van der Waals surface area contributed by atoms with Crippen molar-refractivity contribution < 1.29 is 16.5 Å². The normalized spacial score (nSPS) is 9.89. The minimum atomic E-state index is 0. The van der Waals surface area contributed by atoms with Crippen LogP contribution in [0.2, 0.25) is 0 Å². The second-order valence-corrected chi connectivity index (χ2v) is 6.64. The van der Waals surface area contributed by atoms with Gasteiger partial charge in [-0.05, 0) is 6.92 Å². The maximum absolute atomic E-state index is 4.73. The average Bonchev–Trinajstić information content (AvgIpc) is 2.14. The maximum atomic E-state index is 4.73. The van der Waals surface area contributed by atoms with Crippen LogP contribution < -0.4 is 10.6 Å². The molecule has 0 fully saturated rings. The van der Waals surface area contributed by atoms with Gasteiger partial charge in [-0.1, -0.05) is 36.7 Å². The predicted molar refractivity (Wildman–Crippen MR) is 99.0 cm³/mol. The van der Waals surface area contributed by atoms with Crippen LogP contribution in [0.1, 0.15) is 6.92 Å². The quantitative estimate of drug-likeness (QED) is 0.279. The van der Waals surface area contributed by atoms with Gasteiger partial charge in [-0.25, -0.2) is 0 Å². The molecular weight excluding hydrogens is 389 g/mol. The second-order valence-electron chi connectivity index (χ2n) is 3.21. The summed E-state index contributed by atoms with van der Waals surface area (Å²) in [6.07, 6.45) is 0. The molecule has 3 nitrogen and oxygen atoms in total. The molecule has 0 saturated carbocycles. The summed E-state index contributed by atoms with van der Waals surface area (Å²) in [5.74, 6) is 0. The summed E-state index contributed by atoms with van der Waals surface area (Å²) in [4.78, 5) is 1.76. The van der Waals surface area contributed by atoms with Crippen LogP contribution in [0.5, 0.6) is 0 Å². The molecule has 0 spiro atoms. The maximum Gasteiger partial charge on any atom is 0.132 e. The second kappa shape index (κ2) is 14.6. The van der Waals surface area contributed by atoms with E-state index >= 15 is 0 Å². The van der Waals surface area contributed by atoms with Crippen molar-refractivity contribution in [3.8, 4) is 0 Å². The summed E-state index contributed by atoms with van der Waals surface area (Å²) in [5.41, 5.74) is 0. The number of rotatable bonds is 3. The van der Waals surface area contributed by atoms with Crippen LogP contribution in [-0.4, -0.2) is 44.5 Å². The summed E-state index contributed by atoms with van der Waals surface area (Å²) >= 11 is 25.7. The van der Waals surface area contributed by atoms with E-state index in [1.165, 1.54) is 0 Å². The molecule has 0 aromatic rings. The molecule has 0 aliphatic rings. The van der Waals surface area contributed by atoms with Crippen molar-refractivity contribution in [2.75, 3.05) is 20.6 Å². The molecule has 1 atom stereocenters. The molecule has 2 N–H and O–H groups in total. The fourth-order valence-electron chi connectivity index (χ4n) is 0.502. The molecule has 0 aromatic carbocycles. The van der Waals surface area contributed by atoms with Crippen molar-refractivity contribution in [3.05, 3.63) is 0 Å². The van der Waals surface area contributed by atoms with Crippen molar-refractivity contribution in [2.45, 2.75) is 13.0 Å². The smallest absolute Gasteiger partial charge is 0.132 e. The van der Waals surface area contributed by atoms with Crippen LogP contribution in [-0.2, 0) is 16.5 Å². The zero-order chi connectivity index (χ0) is 14.0. The molecule has 0 rings (SSSR count). The van der Waals surface area contributed by atoms with Gasteiger partial charge in [-0.2, -0.15) is 0 Å². The average molecular weight is 406 g/mol. The zero-order valence-electron chi connectivity index (χ0n) is 10.1. The Hall–Kier alpha value is 1.21. The molecule has 0 bridgehead atoms. The molecule has 0 saturated heterocycles. The van der Waals surface area contributed by atoms with E-state index in [2.05, 4.69) is 60.7 Å². The Morgan fingerprint density at radius 1 is 1.11 bits per heavy atom. The fraction of sp³-hybridized carbons (Fsp3) is 0.625. The van der Waals surface area contributed by atoms with E-state index < -0.39 is 0 Å². The largest absolute Gasteiger partial charge is 0.369 e. The fourth-order valence-corrected chi connectivity index (χ4v) is 1.10. The van der Waals surface area contributed by atoms with Crippen molar-refractivity contribution in [1.29, 1.82) is 0 Å². The molecule has 0 aromatic heterocycles. The molecule has 0 radical (unpaired) electrons. The van der Waals surface area contributed by atoms with Crippen LogP contribution in [0.15, 0.2) is 0 Å². The van der Waals surface area contributed by atoms with Gasteiger partial charge >= 0.3 is 0 Å². The van der Waals surface area contributed by atoms with Gasteiger partial charge in [0.1, 0.15) is 13.0 Å². The number of hydrogen-bond donors (Lipinski definition) is 5. The Bertz CT molecular complexity index is 274. The van der Waals surface area contributed by atoms with E-state index in [4.69, 9.17) is 24.4 Å².